The van der Waals surface area contributed by atoms with Gasteiger partial charge in [-0.25, -0.2) is 4.79 Å². The van der Waals surface area contributed by atoms with Crippen molar-refractivity contribution in [2.45, 2.75) is 12.5 Å². The van der Waals surface area contributed by atoms with E-state index in [1.54, 1.807) is 11.9 Å². The molecular formula is C9H16N2O2. The Balaban J connectivity index is 2.02. The van der Waals surface area contributed by atoms with Crippen LogP contribution in [0.4, 0.5) is 4.79 Å². The normalized spacial score (nSPS) is 35.5. The topological polar surface area (TPSA) is 32.8 Å². The van der Waals surface area contributed by atoms with Crippen molar-refractivity contribution in [2.75, 3.05) is 33.7 Å². The van der Waals surface area contributed by atoms with Gasteiger partial charge >= 0.3 is 6.09 Å². The van der Waals surface area contributed by atoms with Gasteiger partial charge in [-0.3, -0.25) is 0 Å². The summed E-state index contributed by atoms with van der Waals surface area (Å²) in [6, 6.07) is 0. The maximum atomic E-state index is 11.2. The van der Waals surface area contributed by atoms with Gasteiger partial charge in [0.1, 0.15) is 6.10 Å². The third kappa shape index (κ3) is 1.63. The fourth-order valence-corrected chi connectivity index (χ4v) is 2.11. The van der Waals surface area contributed by atoms with Crippen LogP contribution >= 0.6 is 0 Å². The van der Waals surface area contributed by atoms with Crippen LogP contribution in [-0.2, 0) is 4.74 Å². The Morgan fingerprint density at radius 2 is 2.15 bits per heavy atom. The Labute approximate surface area is 78.4 Å². The molecular weight excluding hydrogens is 168 g/mol. The van der Waals surface area contributed by atoms with Crippen LogP contribution in [0.25, 0.3) is 0 Å². The number of rotatable bonds is 0. The summed E-state index contributed by atoms with van der Waals surface area (Å²) >= 11 is 0. The number of ether oxygens (including phenoxy) is 1. The molecule has 0 aromatic carbocycles. The molecule has 0 N–H and O–H groups in total. The summed E-state index contributed by atoms with van der Waals surface area (Å²) < 4.78 is 5.32. The average molecular weight is 184 g/mol. The van der Waals surface area contributed by atoms with Gasteiger partial charge in [-0.2, -0.15) is 0 Å². The predicted octanol–water partition coefficient (Wildman–Crippen LogP) is 0.389. The molecule has 0 aromatic heterocycles. The highest BCUT2D eigenvalue weighted by atomic mass is 16.6. The monoisotopic (exact) mass is 184 g/mol. The zero-order valence-corrected chi connectivity index (χ0v) is 8.19. The van der Waals surface area contributed by atoms with Crippen LogP contribution in [0.1, 0.15) is 6.42 Å². The van der Waals surface area contributed by atoms with Gasteiger partial charge in [-0.15, -0.1) is 0 Å². The zero-order valence-electron chi connectivity index (χ0n) is 8.19. The summed E-state index contributed by atoms with van der Waals surface area (Å²) in [6.45, 7) is 2.87. The SMILES string of the molecule is CN1CC[C@@H]2CN(C)C(=O)O[C@H]2C1. The van der Waals surface area contributed by atoms with E-state index in [0.717, 1.165) is 26.1 Å². The van der Waals surface area contributed by atoms with Crippen LogP contribution in [0.2, 0.25) is 0 Å². The molecule has 0 saturated carbocycles. The molecule has 2 saturated heterocycles. The van der Waals surface area contributed by atoms with Crippen LogP contribution in [0.3, 0.4) is 0 Å². The van der Waals surface area contributed by atoms with Crippen LogP contribution in [0.5, 0.6) is 0 Å². The number of hydrogen-bond acceptors (Lipinski definition) is 3. The van der Waals surface area contributed by atoms with Crippen LogP contribution < -0.4 is 0 Å². The lowest BCUT2D eigenvalue weighted by atomic mass is 9.92. The number of hydrogen-bond donors (Lipinski definition) is 0. The highest BCUT2D eigenvalue weighted by Crippen LogP contribution is 2.24. The fourth-order valence-electron chi connectivity index (χ4n) is 2.11. The van der Waals surface area contributed by atoms with Crippen molar-refractivity contribution in [2.24, 2.45) is 5.92 Å². The van der Waals surface area contributed by atoms with E-state index in [1.807, 2.05) is 0 Å². The second-order valence-electron chi connectivity index (χ2n) is 4.11. The van der Waals surface area contributed by atoms with E-state index in [4.69, 9.17) is 4.74 Å². The molecule has 74 valence electrons. The van der Waals surface area contributed by atoms with Crippen molar-refractivity contribution in [3.63, 3.8) is 0 Å². The Kier molecular flexibility index (Phi) is 2.15. The van der Waals surface area contributed by atoms with Gasteiger partial charge in [-0.05, 0) is 20.0 Å². The Morgan fingerprint density at radius 1 is 1.38 bits per heavy atom. The van der Waals surface area contributed by atoms with Crippen molar-refractivity contribution in [3.05, 3.63) is 0 Å². The number of piperidine rings is 1. The van der Waals surface area contributed by atoms with Gasteiger partial charge in [-0.1, -0.05) is 0 Å². The summed E-state index contributed by atoms with van der Waals surface area (Å²) in [6.07, 6.45) is 1.10. The fraction of sp³-hybridized carbons (Fsp3) is 0.889. The minimum Gasteiger partial charge on any atom is -0.444 e. The van der Waals surface area contributed by atoms with Crippen molar-refractivity contribution >= 4 is 6.09 Å². The van der Waals surface area contributed by atoms with E-state index in [1.165, 1.54) is 0 Å². The lowest BCUT2D eigenvalue weighted by Crippen LogP contribution is -2.53. The first kappa shape index (κ1) is 8.81. The molecule has 0 aliphatic carbocycles. The first-order valence-corrected chi connectivity index (χ1v) is 4.77. The van der Waals surface area contributed by atoms with Gasteiger partial charge in [0.2, 0.25) is 0 Å². The molecule has 0 spiro atoms. The lowest BCUT2D eigenvalue weighted by Gasteiger charge is -2.41. The van der Waals surface area contributed by atoms with Crippen LogP contribution in [0, 0.1) is 5.92 Å². The summed E-state index contributed by atoms with van der Waals surface area (Å²) in [5.41, 5.74) is 0. The minimum absolute atomic E-state index is 0.127. The van der Waals surface area contributed by atoms with Gasteiger partial charge in [0, 0.05) is 26.1 Å². The minimum atomic E-state index is -0.170. The molecule has 2 heterocycles. The third-order valence-electron chi connectivity index (χ3n) is 2.97. The van der Waals surface area contributed by atoms with Crippen molar-refractivity contribution in [1.82, 2.24) is 9.80 Å². The zero-order chi connectivity index (χ0) is 9.42. The molecule has 0 radical (unpaired) electrons. The number of likely N-dealkylation sites (tertiary alicyclic amines) is 1. The Bertz CT molecular complexity index is 220. The molecule has 4 heteroatoms. The summed E-state index contributed by atoms with van der Waals surface area (Å²) in [5, 5.41) is 0. The van der Waals surface area contributed by atoms with Crippen molar-refractivity contribution in [1.29, 1.82) is 0 Å². The van der Waals surface area contributed by atoms with Crippen LogP contribution in [-0.4, -0.2) is 55.7 Å². The number of carbonyl (C=O) groups excluding carboxylic acids is 1. The third-order valence-corrected chi connectivity index (χ3v) is 2.97. The average Bonchev–Trinajstić information content (AvgIpc) is 2.08. The first-order chi connectivity index (χ1) is 6.16. The first-order valence-electron chi connectivity index (χ1n) is 4.77. The molecule has 2 atom stereocenters. The Hall–Kier alpha value is -0.770. The lowest BCUT2D eigenvalue weighted by molar-refractivity contribution is -0.0403. The number of fused-ring (bicyclic) bond motifs is 1. The molecule has 0 unspecified atom stereocenters. The van der Waals surface area contributed by atoms with Crippen molar-refractivity contribution < 1.29 is 9.53 Å². The van der Waals surface area contributed by atoms with Gasteiger partial charge in [0.05, 0.1) is 0 Å². The van der Waals surface area contributed by atoms with Crippen molar-refractivity contribution in [3.8, 4) is 0 Å². The number of amides is 1. The second-order valence-corrected chi connectivity index (χ2v) is 4.11. The summed E-state index contributed by atoms with van der Waals surface area (Å²) in [5.74, 6) is 0.541. The predicted molar refractivity (Wildman–Crippen MR) is 48.5 cm³/mol. The molecule has 1 amide bonds. The van der Waals surface area contributed by atoms with Gasteiger partial charge in [0.15, 0.2) is 0 Å². The summed E-state index contributed by atoms with van der Waals surface area (Å²) in [4.78, 5) is 15.1. The molecule has 0 bridgehead atoms. The smallest absolute Gasteiger partial charge is 0.409 e. The van der Waals surface area contributed by atoms with Gasteiger partial charge in [0.25, 0.3) is 0 Å². The number of carbonyl (C=O) groups is 1. The molecule has 2 rings (SSSR count). The Morgan fingerprint density at radius 3 is 2.92 bits per heavy atom. The molecule has 2 aliphatic rings. The largest absolute Gasteiger partial charge is 0.444 e. The molecule has 4 nitrogen and oxygen atoms in total. The number of nitrogens with zero attached hydrogens (tertiary/aromatic N) is 2. The molecule has 13 heavy (non-hydrogen) atoms. The van der Waals surface area contributed by atoms with E-state index in [-0.39, 0.29) is 12.2 Å². The van der Waals surface area contributed by atoms with E-state index >= 15 is 0 Å². The molecule has 2 fully saturated rings. The van der Waals surface area contributed by atoms with E-state index in [2.05, 4.69) is 11.9 Å². The van der Waals surface area contributed by atoms with E-state index < -0.39 is 0 Å². The van der Waals surface area contributed by atoms with Gasteiger partial charge < -0.3 is 14.5 Å². The van der Waals surface area contributed by atoms with E-state index in [0.29, 0.717) is 5.92 Å². The summed E-state index contributed by atoms with van der Waals surface area (Å²) in [7, 11) is 3.87. The maximum absolute atomic E-state index is 11.2. The standard InChI is InChI=1S/C9H16N2O2/c1-10-4-3-7-5-11(2)9(12)13-8(7)6-10/h7-8H,3-6H2,1-2H3/t7-,8+/m1/s1. The quantitative estimate of drug-likeness (QED) is 0.546. The van der Waals surface area contributed by atoms with E-state index in [9.17, 15) is 4.79 Å². The highest BCUT2D eigenvalue weighted by Gasteiger charge is 2.36. The highest BCUT2D eigenvalue weighted by molar-refractivity contribution is 5.68. The second kappa shape index (κ2) is 3.18. The molecule has 0 aromatic rings. The van der Waals surface area contributed by atoms with Crippen LogP contribution in [0.15, 0.2) is 0 Å². The molecule has 2 aliphatic heterocycles. The maximum Gasteiger partial charge on any atom is 0.409 e. The number of likely N-dealkylation sites (N-methyl/N-ethyl adjacent to an activating group) is 1.